The van der Waals surface area contributed by atoms with Gasteiger partial charge in [0.1, 0.15) is 6.04 Å². The molecule has 0 fully saturated rings. The maximum atomic E-state index is 11.7. The third-order valence-electron chi connectivity index (χ3n) is 3.62. The van der Waals surface area contributed by atoms with E-state index in [1.165, 1.54) is 7.11 Å². The van der Waals surface area contributed by atoms with E-state index in [2.05, 4.69) is 15.4 Å². The van der Waals surface area contributed by atoms with Crippen LogP contribution in [0.5, 0.6) is 0 Å². The number of rotatable bonds is 13. The molecule has 0 radical (unpaired) electrons. The van der Waals surface area contributed by atoms with E-state index in [1.54, 1.807) is 6.92 Å². The Kier molecular flexibility index (Phi) is 12.8. The number of carbonyl (C=O) groups excluding carboxylic acids is 3. The minimum absolute atomic E-state index is 0.142. The van der Waals surface area contributed by atoms with Crippen molar-refractivity contribution in [1.29, 1.82) is 0 Å². The zero-order chi connectivity index (χ0) is 18.4. The van der Waals surface area contributed by atoms with E-state index in [4.69, 9.17) is 11.5 Å². The Morgan fingerprint density at radius 2 is 1.79 bits per heavy atom. The Morgan fingerprint density at radius 1 is 1.08 bits per heavy atom. The molecule has 0 bridgehead atoms. The van der Waals surface area contributed by atoms with E-state index in [0.717, 1.165) is 25.7 Å². The molecule has 24 heavy (non-hydrogen) atoms. The molecule has 0 saturated carbocycles. The van der Waals surface area contributed by atoms with Crippen molar-refractivity contribution in [3.8, 4) is 0 Å². The average Bonchev–Trinajstić information content (AvgIpc) is 2.56. The van der Waals surface area contributed by atoms with Gasteiger partial charge in [0.05, 0.1) is 13.2 Å². The molecule has 8 heteroatoms. The number of nitrogens with two attached hydrogens (primary N) is 2. The minimum Gasteiger partial charge on any atom is -0.467 e. The number of amides is 2. The highest BCUT2D eigenvalue weighted by atomic mass is 16.5. The van der Waals surface area contributed by atoms with Gasteiger partial charge in [-0.2, -0.15) is 0 Å². The van der Waals surface area contributed by atoms with Crippen LogP contribution >= 0.6 is 0 Å². The Bertz CT molecular complexity index is 390. The van der Waals surface area contributed by atoms with E-state index < -0.39 is 18.1 Å². The summed E-state index contributed by atoms with van der Waals surface area (Å²) in [5.41, 5.74) is 11.2. The van der Waals surface area contributed by atoms with Crippen molar-refractivity contribution in [3.05, 3.63) is 0 Å². The van der Waals surface area contributed by atoms with Crippen LogP contribution in [0, 0.1) is 0 Å². The molecule has 0 aromatic carbocycles. The Morgan fingerprint density at radius 3 is 2.42 bits per heavy atom. The monoisotopic (exact) mass is 344 g/mol. The van der Waals surface area contributed by atoms with Gasteiger partial charge in [0, 0.05) is 13.0 Å². The first-order valence-corrected chi connectivity index (χ1v) is 8.53. The van der Waals surface area contributed by atoms with Crippen molar-refractivity contribution >= 4 is 17.8 Å². The summed E-state index contributed by atoms with van der Waals surface area (Å²) in [7, 11) is 1.28. The number of ether oxygens (including phenoxy) is 1. The van der Waals surface area contributed by atoms with Crippen LogP contribution in [0.25, 0.3) is 0 Å². The first kappa shape index (κ1) is 22.3. The maximum Gasteiger partial charge on any atom is 0.328 e. The molecule has 2 amide bonds. The lowest BCUT2D eigenvalue weighted by atomic mass is 10.1. The van der Waals surface area contributed by atoms with Gasteiger partial charge >= 0.3 is 5.97 Å². The van der Waals surface area contributed by atoms with E-state index in [-0.39, 0.29) is 11.8 Å². The van der Waals surface area contributed by atoms with E-state index in [1.807, 2.05) is 0 Å². The highest BCUT2D eigenvalue weighted by Gasteiger charge is 2.15. The van der Waals surface area contributed by atoms with Crippen LogP contribution in [0.15, 0.2) is 0 Å². The third-order valence-corrected chi connectivity index (χ3v) is 3.62. The quantitative estimate of drug-likeness (QED) is 0.270. The van der Waals surface area contributed by atoms with Crippen molar-refractivity contribution in [3.63, 3.8) is 0 Å². The summed E-state index contributed by atoms with van der Waals surface area (Å²) in [6, 6.07) is -1.12. The minimum atomic E-state index is -0.637. The lowest BCUT2D eigenvalue weighted by Crippen LogP contribution is -2.41. The highest BCUT2D eigenvalue weighted by Crippen LogP contribution is 2.01. The molecule has 0 aromatic rings. The largest absolute Gasteiger partial charge is 0.467 e. The smallest absolute Gasteiger partial charge is 0.328 e. The van der Waals surface area contributed by atoms with Gasteiger partial charge in [-0.15, -0.1) is 0 Å². The summed E-state index contributed by atoms with van der Waals surface area (Å²) in [6.07, 6.45) is 4.99. The van der Waals surface area contributed by atoms with Crippen LogP contribution in [0.2, 0.25) is 0 Å². The molecule has 0 rings (SSSR count). The molecule has 0 spiro atoms. The molecule has 0 saturated heterocycles. The molecule has 0 aliphatic rings. The predicted molar refractivity (Wildman–Crippen MR) is 92.0 cm³/mol. The lowest BCUT2D eigenvalue weighted by molar-refractivity contribution is -0.144. The molecule has 2 unspecified atom stereocenters. The Balaban J connectivity index is 3.64. The molecule has 0 aliphatic carbocycles. The first-order valence-electron chi connectivity index (χ1n) is 8.53. The highest BCUT2D eigenvalue weighted by molar-refractivity contribution is 5.84. The van der Waals surface area contributed by atoms with Gasteiger partial charge in [-0.25, -0.2) is 4.79 Å². The third kappa shape index (κ3) is 11.0. The van der Waals surface area contributed by atoms with Gasteiger partial charge in [-0.3, -0.25) is 9.59 Å². The zero-order valence-electron chi connectivity index (χ0n) is 14.8. The van der Waals surface area contributed by atoms with Crippen molar-refractivity contribution in [1.82, 2.24) is 10.6 Å². The molecular formula is C16H32N4O4. The second-order valence-corrected chi connectivity index (χ2v) is 5.80. The number of hydrogen-bond acceptors (Lipinski definition) is 6. The normalized spacial score (nSPS) is 13.0. The van der Waals surface area contributed by atoms with E-state index >= 15 is 0 Å². The summed E-state index contributed by atoms with van der Waals surface area (Å²) >= 11 is 0. The first-order chi connectivity index (χ1) is 11.4. The second-order valence-electron chi connectivity index (χ2n) is 5.80. The number of nitrogens with one attached hydrogen (secondary N) is 2. The van der Waals surface area contributed by atoms with Crippen molar-refractivity contribution in [2.45, 2.75) is 64.0 Å². The number of carbonyl (C=O) groups is 3. The Labute approximate surface area is 144 Å². The van der Waals surface area contributed by atoms with Gasteiger partial charge in [0.15, 0.2) is 0 Å². The van der Waals surface area contributed by atoms with Crippen molar-refractivity contribution in [2.75, 3.05) is 20.2 Å². The topological polar surface area (TPSA) is 137 Å². The molecule has 140 valence electrons. The van der Waals surface area contributed by atoms with Crippen LogP contribution in [-0.4, -0.2) is 50.1 Å². The molecule has 8 nitrogen and oxygen atoms in total. The van der Waals surface area contributed by atoms with Crippen molar-refractivity contribution < 1.29 is 19.1 Å². The number of hydrogen-bond donors (Lipinski definition) is 4. The summed E-state index contributed by atoms with van der Waals surface area (Å²) < 4.78 is 4.53. The predicted octanol–water partition coefficient (Wildman–Crippen LogP) is -0.203. The number of methoxy groups -OCH3 is 1. The van der Waals surface area contributed by atoms with Crippen LogP contribution in [0.1, 0.15) is 51.9 Å². The van der Waals surface area contributed by atoms with E-state index in [0.29, 0.717) is 32.4 Å². The summed E-state index contributed by atoms with van der Waals surface area (Å²) in [5, 5.41) is 5.37. The summed E-state index contributed by atoms with van der Waals surface area (Å²) in [6.45, 7) is 2.74. The molecular weight excluding hydrogens is 312 g/mol. The van der Waals surface area contributed by atoms with Crippen molar-refractivity contribution in [2.24, 2.45) is 11.5 Å². The number of esters is 1. The fraction of sp³-hybridized carbons (Fsp3) is 0.812. The fourth-order valence-electron chi connectivity index (χ4n) is 2.12. The van der Waals surface area contributed by atoms with Gasteiger partial charge in [0.25, 0.3) is 0 Å². The van der Waals surface area contributed by atoms with Gasteiger partial charge in [-0.05, 0) is 39.2 Å². The standard InChI is InChI=1S/C16H32N4O4/c1-12(16(23)24-2)20-14(21)9-4-3-7-11-19-15(22)13(18)8-5-6-10-17/h12-13H,3-11,17-18H2,1-2H3,(H,19,22)(H,20,21). The van der Waals surface area contributed by atoms with Crippen LogP contribution in [0.4, 0.5) is 0 Å². The molecule has 6 N–H and O–H groups in total. The molecule has 0 aromatic heterocycles. The van der Waals surface area contributed by atoms with Crippen LogP contribution in [-0.2, 0) is 19.1 Å². The SMILES string of the molecule is COC(=O)C(C)NC(=O)CCCCCNC(=O)C(N)CCCCN. The van der Waals surface area contributed by atoms with Crippen LogP contribution in [0.3, 0.4) is 0 Å². The van der Waals surface area contributed by atoms with Gasteiger partial charge in [0.2, 0.25) is 11.8 Å². The zero-order valence-corrected chi connectivity index (χ0v) is 14.8. The molecule has 0 aliphatic heterocycles. The van der Waals surface area contributed by atoms with Crippen LogP contribution < -0.4 is 22.1 Å². The molecule has 0 heterocycles. The van der Waals surface area contributed by atoms with Gasteiger partial charge < -0.3 is 26.8 Å². The summed E-state index contributed by atoms with van der Waals surface area (Å²) in [4.78, 5) is 34.5. The second kappa shape index (κ2) is 13.7. The Hall–Kier alpha value is -1.67. The lowest BCUT2D eigenvalue weighted by Gasteiger charge is -2.12. The summed E-state index contributed by atoms with van der Waals surface area (Å²) in [5.74, 6) is -0.788. The van der Waals surface area contributed by atoms with E-state index in [9.17, 15) is 14.4 Å². The number of unbranched alkanes of at least 4 members (excludes halogenated alkanes) is 3. The molecule has 2 atom stereocenters. The maximum absolute atomic E-state index is 11.7. The van der Waals surface area contributed by atoms with Gasteiger partial charge in [-0.1, -0.05) is 12.8 Å². The fourth-order valence-corrected chi connectivity index (χ4v) is 2.12. The average molecular weight is 344 g/mol.